The van der Waals surface area contributed by atoms with E-state index < -0.39 is 0 Å². The lowest BCUT2D eigenvalue weighted by molar-refractivity contribution is 1.39. The Hall–Kier alpha value is -2.58. The Morgan fingerprint density at radius 3 is 1.09 bits per heavy atom. The molecule has 0 N–H and O–H groups in total. The summed E-state index contributed by atoms with van der Waals surface area (Å²) in [5, 5.41) is 16.9. The number of hydrogen-bond acceptors (Lipinski definition) is 2. The quantitative estimate of drug-likeness (QED) is 0.596. The fourth-order valence-corrected chi connectivity index (χ4v) is 1.40. The Morgan fingerprint density at radius 2 is 0.909 bits per heavy atom. The van der Waals surface area contributed by atoms with Crippen LogP contribution in [-0.2, 0) is 0 Å². The fourth-order valence-electron chi connectivity index (χ4n) is 1.40. The van der Waals surface area contributed by atoms with Crippen LogP contribution in [0, 0.1) is 36.5 Å². The first-order valence-electron chi connectivity index (χ1n) is 7.60. The van der Waals surface area contributed by atoms with E-state index in [1.165, 1.54) is 0 Å². The minimum atomic E-state index is 0. The molecule has 0 radical (unpaired) electrons. The molecule has 0 saturated heterocycles. The van der Waals surface area contributed by atoms with Gasteiger partial charge >= 0.3 is 0 Å². The summed E-state index contributed by atoms with van der Waals surface area (Å²) >= 11 is 0. The largest absolute Gasteiger partial charge is 0.192 e. The summed E-state index contributed by atoms with van der Waals surface area (Å²) < 4.78 is 0. The molecule has 2 heteroatoms. The third kappa shape index (κ3) is 8.56. The first-order chi connectivity index (χ1) is 10.7. The van der Waals surface area contributed by atoms with E-state index in [1.54, 1.807) is 0 Å². The number of benzene rings is 2. The van der Waals surface area contributed by atoms with Gasteiger partial charge in [0.25, 0.3) is 0 Å². The van der Waals surface area contributed by atoms with E-state index in [4.69, 9.17) is 10.5 Å². The molecule has 0 bridgehead atoms. The number of hydrogen-bond donors (Lipinski definition) is 0. The zero-order valence-electron chi connectivity index (χ0n) is 14.5. The molecule has 2 rings (SSSR count). The van der Waals surface area contributed by atoms with Gasteiger partial charge < -0.3 is 0 Å². The summed E-state index contributed by atoms with van der Waals surface area (Å²) in [5.74, 6) is 0. The minimum Gasteiger partial charge on any atom is -0.192 e. The van der Waals surface area contributed by atoms with E-state index in [-0.39, 0.29) is 1.43 Å². The zero-order chi connectivity index (χ0) is 17.4. The van der Waals surface area contributed by atoms with Gasteiger partial charge in [0, 0.05) is 1.43 Å². The molecule has 0 spiro atoms. The summed E-state index contributed by atoms with van der Waals surface area (Å²) in [6.45, 7) is 11.9. The molecule has 0 saturated carbocycles. The first-order valence-corrected chi connectivity index (χ1v) is 7.60. The van der Waals surface area contributed by atoms with Crippen LogP contribution in [0.2, 0.25) is 0 Å². The first kappa shape index (κ1) is 21.7. The molecule has 0 heterocycles. The van der Waals surface area contributed by atoms with Gasteiger partial charge in [0.2, 0.25) is 0 Å². The van der Waals surface area contributed by atoms with Crippen LogP contribution < -0.4 is 0 Å². The molecule has 0 atom stereocenters. The van der Waals surface area contributed by atoms with Crippen LogP contribution in [0.5, 0.6) is 0 Å². The highest BCUT2D eigenvalue weighted by atomic mass is 14.2. The average molecular weight is 297 g/mol. The van der Waals surface area contributed by atoms with E-state index in [9.17, 15) is 0 Å². The minimum absolute atomic E-state index is 0. The van der Waals surface area contributed by atoms with Gasteiger partial charge in [-0.2, -0.15) is 10.5 Å². The van der Waals surface area contributed by atoms with Gasteiger partial charge in [0.1, 0.15) is 0 Å². The Morgan fingerprint density at radius 1 is 0.636 bits per heavy atom. The molecule has 22 heavy (non-hydrogen) atoms. The van der Waals surface area contributed by atoms with Crippen molar-refractivity contribution in [3.63, 3.8) is 0 Å². The molecule has 0 fully saturated rings. The van der Waals surface area contributed by atoms with Gasteiger partial charge in [-0.15, -0.1) is 0 Å². The van der Waals surface area contributed by atoms with Crippen molar-refractivity contribution in [2.45, 2.75) is 41.5 Å². The van der Waals surface area contributed by atoms with Crippen LogP contribution in [0.3, 0.4) is 0 Å². The second kappa shape index (κ2) is 14.8. The summed E-state index contributed by atoms with van der Waals surface area (Å²) in [6.07, 6.45) is 0. The lowest BCUT2D eigenvalue weighted by Crippen LogP contribution is -1.77. The summed E-state index contributed by atoms with van der Waals surface area (Å²) in [5.41, 5.74) is 3.61. The third-order valence-corrected chi connectivity index (χ3v) is 2.53. The highest BCUT2D eigenvalue weighted by Crippen LogP contribution is 2.04. The van der Waals surface area contributed by atoms with Crippen molar-refractivity contribution >= 4 is 0 Å². The van der Waals surface area contributed by atoms with Crippen LogP contribution in [0.1, 0.15) is 51.4 Å². The Balaban J connectivity index is -0.000000276. The monoisotopic (exact) mass is 297 g/mol. The average Bonchev–Trinajstić information content (AvgIpc) is 2.60. The number of nitriles is 2. The maximum atomic E-state index is 8.47. The van der Waals surface area contributed by atoms with Crippen LogP contribution in [0.4, 0.5) is 0 Å². The molecule has 0 aliphatic carbocycles. The van der Waals surface area contributed by atoms with Crippen LogP contribution >= 0.6 is 0 Å². The maximum absolute atomic E-state index is 8.47. The fraction of sp³-hybridized carbons (Fsp3) is 0.300. The van der Waals surface area contributed by atoms with E-state index in [0.29, 0.717) is 0 Å². The second-order valence-electron chi connectivity index (χ2n) is 3.85. The molecular weight excluding hydrogens is 268 g/mol. The number of nitrogens with zero attached hydrogens (tertiary/aromatic N) is 2. The third-order valence-electron chi connectivity index (χ3n) is 2.53. The highest BCUT2D eigenvalue weighted by Gasteiger charge is 1.90. The summed E-state index contributed by atoms with van der Waals surface area (Å²) in [6, 6.07) is 19.3. The van der Waals surface area contributed by atoms with Gasteiger partial charge in [0.15, 0.2) is 0 Å². The lowest BCUT2D eigenvalue weighted by Gasteiger charge is -1.90. The standard InChI is InChI=1S/2C8H7N.2C2H6.H2/c2*1-7-4-2-3-5-8(7)6-9;2*1-2;/h2*2-5H,1H3;2*1-2H3;1H/i;;;;1+1. The van der Waals surface area contributed by atoms with Crippen molar-refractivity contribution in [2.75, 3.05) is 0 Å². The highest BCUT2D eigenvalue weighted by molar-refractivity contribution is 5.36. The Bertz CT molecular complexity index is 552. The summed E-state index contributed by atoms with van der Waals surface area (Å²) in [7, 11) is 0. The molecular formula is C20H28N2. The predicted octanol–water partition coefficient (Wildman–Crippen LogP) is 6.03. The topological polar surface area (TPSA) is 47.6 Å². The van der Waals surface area contributed by atoms with Crippen LogP contribution in [-0.4, -0.2) is 0 Å². The van der Waals surface area contributed by atoms with Gasteiger partial charge in [0.05, 0.1) is 23.3 Å². The molecule has 0 aromatic heterocycles. The maximum Gasteiger partial charge on any atom is 0.0994 e. The van der Waals surface area contributed by atoms with Crippen molar-refractivity contribution in [1.29, 1.82) is 10.5 Å². The van der Waals surface area contributed by atoms with Crippen LogP contribution in [0.25, 0.3) is 0 Å². The van der Waals surface area contributed by atoms with Gasteiger partial charge in [-0.05, 0) is 37.1 Å². The van der Waals surface area contributed by atoms with E-state index in [0.717, 1.165) is 22.3 Å². The van der Waals surface area contributed by atoms with E-state index in [2.05, 4.69) is 12.1 Å². The number of rotatable bonds is 0. The second-order valence-corrected chi connectivity index (χ2v) is 3.85. The van der Waals surface area contributed by atoms with Crippen molar-refractivity contribution in [1.82, 2.24) is 0 Å². The van der Waals surface area contributed by atoms with Crippen molar-refractivity contribution in [3.05, 3.63) is 70.8 Å². The van der Waals surface area contributed by atoms with Crippen LogP contribution in [0.15, 0.2) is 48.5 Å². The molecule has 0 aliphatic rings. The van der Waals surface area contributed by atoms with Gasteiger partial charge in [-0.1, -0.05) is 64.1 Å². The normalized spacial score (nSPS) is 7.45. The predicted molar refractivity (Wildman–Crippen MR) is 96.6 cm³/mol. The van der Waals surface area contributed by atoms with E-state index in [1.807, 2.05) is 90.1 Å². The Kier molecular flexibility index (Phi) is 14.6. The molecule has 0 unspecified atom stereocenters. The molecule has 2 nitrogen and oxygen atoms in total. The van der Waals surface area contributed by atoms with Gasteiger partial charge in [-0.25, -0.2) is 0 Å². The van der Waals surface area contributed by atoms with Crippen molar-refractivity contribution in [2.24, 2.45) is 0 Å². The SMILES string of the molecule is CC.CC.Cc1ccccc1C#N.Cc1ccccc1C#N.[2HH]. The summed E-state index contributed by atoms with van der Waals surface area (Å²) in [4.78, 5) is 0. The zero-order valence-corrected chi connectivity index (χ0v) is 14.5. The van der Waals surface area contributed by atoms with E-state index >= 15 is 0 Å². The molecule has 0 amide bonds. The molecule has 0 aliphatic heterocycles. The smallest absolute Gasteiger partial charge is 0.0994 e. The molecule has 2 aromatic carbocycles. The lowest BCUT2D eigenvalue weighted by atomic mass is 10.1. The van der Waals surface area contributed by atoms with Crippen molar-refractivity contribution in [3.8, 4) is 12.1 Å². The molecule has 2 aromatic rings. The van der Waals surface area contributed by atoms with Gasteiger partial charge in [-0.3, -0.25) is 0 Å². The van der Waals surface area contributed by atoms with Crippen molar-refractivity contribution < 1.29 is 1.43 Å². The number of aryl methyl sites for hydroxylation is 2. The Labute approximate surface area is 137 Å². The molecule has 118 valence electrons.